The molecule has 6 heteroatoms. The summed E-state index contributed by atoms with van der Waals surface area (Å²) in [6.07, 6.45) is 1.96. The zero-order chi connectivity index (χ0) is 16.2. The average Bonchev–Trinajstić information content (AvgIpc) is 2.53. The third-order valence-corrected chi connectivity index (χ3v) is 2.98. The number of unbranched alkanes of at least 4 members (excludes halogenated alkanes) is 1. The van der Waals surface area contributed by atoms with Gasteiger partial charge in [0.2, 0.25) is 0 Å². The lowest BCUT2D eigenvalue weighted by molar-refractivity contribution is -0.295. The lowest BCUT2D eigenvalue weighted by atomic mass is 10.1. The van der Waals surface area contributed by atoms with Crippen LogP contribution in [0, 0.1) is 5.82 Å². The fourth-order valence-corrected chi connectivity index (χ4v) is 1.85. The number of methoxy groups -OCH3 is 1. The Morgan fingerprint density at radius 2 is 1.91 bits per heavy atom. The third-order valence-electron chi connectivity index (χ3n) is 2.98. The number of aliphatic hydroxyl groups is 1. The first-order chi connectivity index (χ1) is 10.7. The minimum atomic E-state index is -0.749. The summed E-state index contributed by atoms with van der Waals surface area (Å²) in [6.45, 7) is 2.02. The summed E-state index contributed by atoms with van der Waals surface area (Å²) in [5.74, 6) is 0.265. The number of hydrogen-bond donors (Lipinski definition) is 1. The first-order valence-corrected chi connectivity index (χ1v) is 7.48. The number of hydrogen-bond acceptors (Lipinski definition) is 5. The molecule has 0 aliphatic heterocycles. The van der Waals surface area contributed by atoms with Crippen molar-refractivity contribution in [3.63, 3.8) is 0 Å². The zero-order valence-corrected chi connectivity index (χ0v) is 13.2. The molecule has 5 nitrogen and oxygen atoms in total. The Bertz CT molecular complexity index is 385. The Kier molecular flexibility index (Phi) is 9.74. The quantitative estimate of drug-likeness (QED) is 0.475. The predicted octanol–water partition coefficient (Wildman–Crippen LogP) is 2.72. The molecule has 0 aliphatic rings. The zero-order valence-electron chi connectivity index (χ0n) is 13.2. The van der Waals surface area contributed by atoms with Crippen molar-refractivity contribution in [1.29, 1.82) is 0 Å². The van der Waals surface area contributed by atoms with E-state index in [4.69, 9.17) is 24.1 Å². The van der Waals surface area contributed by atoms with Crippen LogP contribution in [0.5, 0.6) is 5.75 Å². The molecule has 0 saturated carbocycles. The molecule has 0 fully saturated rings. The van der Waals surface area contributed by atoms with E-state index in [-0.39, 0.29) is 18.5 Å². The lowest BCUT2D eigenvalue weighted by Gasteiger charge is -2.23. The molecule has 0 bridgehead atoms. The molecule has 1 aromatic carbocycles. The van der Waals surface area contributed by atoms with Gasteiger partial charge in [-0.3, -0.25) is 0 Å². The highest BCUT2D eigenvalue weighted by Crippen LogP contribution is 2.15. The lowest BCUT2D eigenvalue weighted by Crippen LogP contribution is -2.30. The van der Waals surface area contributed by atoms with E-state index >= 15 is 0 Å². The predicted molar refractivity (Wildman–Crippen MR) is 80.1 cm³/mol. The van der Waals surface area contributed by atoms with E-state index in [1.54, 1.807) is 12.1 Å². The molecular weight excluding hydrogens is 291 g/mol. The normalized spacial score (nSPS) is 13.8. The van der Waals surface area contributed by atoms with Crippen LogP contribution in [0.4, 0.5) is 4.39 Å². The van der Waals surface area contributed by atoms with Crippen LogP contribution in [0.15, 0.2) is 24.3 Å². The summed E-state index contributed by atoms with van der Waals surface area (Å²) in [5, 5.41) is 8.87. The Morgan fingerprint density at radius 3 is 2.50 bits per heavy atom. The van der Waals surface area contributed by atoms with Gasteiger partial charge in [0.1, 0.15) is 18.2 Å². The van der Waals surface area contributed by atoms with Crippen molar-refractivity contribution in [2.24, 2.45) is 0 Å². The maximum absolute atomic E-state index is 12.9. The molecule has 1 rings (SSSR count). The van der Waals surface area contributed by atoms with E-state index in [1.165, 1.54) is 19.2 Å². The molecular formula is C16H25FO5. The molecule has 0 amide bonds. The van der Waals surface area contributed by atoms with Crippen LogP contribution in [-0.2, 0) is 14.2 Å². The number of halogens is 1. The van der Waals surface area contributed by atoms with Crippen molar-refractivity contribution in [1.82, 2.24) is 0 Å². The summed E-state index contributed by atoms with van der Waals surface area (Å²) < 4.78 is 34.6. The molecule has 126 valence electrons. The highest BCUT2D eigenvalue weighted by Gasteiger charge is 2.17. The summed E-state index contributed by atoms with van der Waals surface area (Å²) in [4.78, 5) is 0. The van der Waals surface area contributed by atoms with E-state index in [0.29, 0.717) is 31.8 Å². The smallest absolute Gasteiger partial charge is 0.271 e. The van der Waals surface area contributed by atoms with Gasteiger partial charge in [-0.25, -0.2) is 4.39 Å². The Hall–Kier alpha value is -1.21. The number of rotatable bonds is 12. The molecule has 0 heterocycles. The second kappa shape index (κ2) is 11.4. The van der Waals surface area contributed by atoms with Gasteiger partial charge in [0.25, 0.3) is 6.48 Å². The molecule has 1 unspecified atom stereocenters. The fourth-order valence-electron chi connectivity index (χ4n) is 1.85. The Labute approximate surface area is 130 Å². The first-order valence-electron chi connectivity index (χ1n) is 7.48. The van der Waals surface area contributed by atoms with E-state index < -0.39 is 6.48 Å². The van der Waals surface area contributed by atoms with Crippen LogP contribution < -0.4 is 4.74 Å². The van der Waals surface area contributed by atoms with Crippen LogP contribution in [-0.4, -0.2) is 44.6 Å². The highest BCUT2D eigenvalue weighted by molar-refractivity contribution is 5.22. The van der Waals surface area contributed by atoms with Crippen molar-refractivity contribution in [3.8, 4) is 5.75 Å². The molecule has 1 aromatic rings. The van der Waals surface area contributed by atoms with Gasteiger partial charge in [0, 0.05) is 20.3 Å². The summed E-state index contributed by atoms with van der Waals surface area (Å²) >= 11 is 0. The number of ether oxygens (including phenoxy) is 4. The van der Waals surface area contributed by atoms with Gasteiger partial charge in [-0.2, -0.15) is 0 Å². The summed E-state index contributed by atoms with van der Waals surface area (Å²) in [5.41, 5.74) is 0. The second-order valence-corrected chi connectivity index (χ2v) is 4.72. The molecule has 0 saturated heterocycles. The topological polar surface area (TPSA) is 57.2 Å². The highest BCUT2D eigenvalue weighted by atomic mass is 19.1. The molecule has 2 atom stereocenters. The number of benzene rings is 1. The van der Waals surface area contributed by atoms with Crippen molar-refractivity contribution in [3.05, 3.63) is 30.1 Å². The van der Waals surface area contributed by atoms with Crippen molar-refractivity contribution in [2.75, 3.05) is 26.9 Å². The molecule has 0 aliphatic carbocycles. The fraction of sp³-hybridized carbons (Fsp3) is 0.625. The summed E-state index contributed by atoms with van der Waals surface area (Å²) in [6, 6.07) is 5.82. The molecule has 0 aromatic heterocycles. The van der Waals surface area contributed by atoms with Gasteiger partial charge in [-0.15, -0.1) is 0 Å². The summed E-state index contributed by atoms with van der Waals surface area (Å²) in [7, 11) is 1.51. The maximum atomic E-state index is 12.9. The van der Waals surface area contributed by atoms with Gasteiger partial charge < -0.3 is 24.1 Å². The van der Waals surface area contributed by atoms with Gasteiger partial charge in [0.05, 0.1) is 6.10 Å². The van der Waals surface area contributed by atoms with Gasteiger partial charge in [0.15, 0.2) is 0 Å². The minimum absolute atomic E-state index is 0.144. The molecule has 22 heavy (non-hydrogen) atoms. The largest absolute Gasteiger partial charge is 0.491 e. The van der Waals surface area contributed by atoms with E-state index in [9.17, 15) is 4.39 Å². The minimum Gasteiger partial charge on any atom is -0.491 e. The SMILES string of the molecule is CCOC(OC)O[C@@H](CCCCO)COc1ccc(F)cc1. The molecule has 1 N–H and O–H groups in total. The monoisotopic (exact) mass is 316 g/mol. The standard InChI is InChI=1S/C16H25FO5/c1-3-20-16(19-2)22-15(6-4-5-11-18)12-21-14-9-7-13(17)8-10-14/h7-10,15-16,18H,3-6,11-12H2,1-2H3/t15-,16?/m0/s1. The first kappa shape index (κ1) is 18.8. The van der Waals surface area contributed by atoms with Crippen molar-refractivity contribution in [2.45, 2.75) is 38.8 Å². The van der Waals surface area contributed by atoms with Crippen molar-refractivity contribution >= 4 is 0 Å². The van der Waals surface area contributed by atoms with Crippen LogP contribution in [0.25, 0.3) is 0 Å². The third kappa shape index (κ3) is 7.70. The van der Waals surface area contributed by atoms with Gasteiger partial charge in [-0.05, 0) is 50.5 Å². The molecule has 0 radical (unpaired) electrons. The van der Waals surface area contributed by atoms with Gasteiger partial charge >= 0.3 is 0 Å². The maximum Gasteiger partial charge on any atom is 0.271 e. The Balaban J connectivity index is 2.50. The van der Waals surface area contributed by atoms with E-state index in [0.717, 1.165) is 6.42 Å². The van der Waals surface area contributed by atoms with Crippen LogP contribution in [0.3, 0.4) is 0 Å². The van der Waals surface area contributed by atoms with Crippen LogP contribution in [0.2, 0.25) is 0 Å². The van der Waals surface area contributed by atoms with Crippen molar-refractivity contribution < 1.29 is 28.4 Å². The molecule has 0 spiro atoms. The van der Waals surface area contributed by atoms with E-state index in [1.807, 2.05) is 6.92 Å². The van der Waals surface area contributed by atoms with Crippen LogP contribution in [0.1, 0.15) is 26.2 Å². The van der Waals surface area contributed by atoms with E-state index in [2.05, 4.69) is 0 Å². The second-order valence-electron chi connectivity index (χ2n) is 4.72. The Morgan fingerprint density at radius 1 is 1.18 bits per heavy atom. The van der Waals surface area contributed by atoms with Gasteiger partial charge in [-0.1, -0.05) is 0 Å². The number of aliphatic hydroxyl groups excluding tert-OH is 1. The average molecular weight is 316 g/mol. The van der Waals surface area contributed by atoms with Crippen LogP contribution >= 0.6 is 0 Å².